The predicted molar refractivity (Wildman–Crippen MR) is 74.9 cm³/mol. The molecule has 0 radical (unpaired) electrons. The monoisotopic (exact) mass is 322 g/mol. The zero-order valence-corrected chi connectivity index (χ0v) is 11.5. The molecule has 2 heterocycles. The van der Waals surface area contributed by atoms with Crippen molar-refractivity contribution in [1.29, 1.82) is 0 Å². The third-order valence-corrected chi connectivity index (χ3v) is 3.00. The van der Waals surface area contributed by atoms with Crippen molar-refractivity contribution in [3.8, 4) is 17.0 Å². The number of aromatic amines is 1. The van der Waals surface area contributed by atoms with E-state index in [2.05, 4.69) is 25.1 Å². The SMILES string of the molecule is O=c1[nH]nnc2ccc(-c3ccc(OCC(F)(F)F)nc3)cc12. The highest BCUT2D eigenvalue weighted by atomic mass is 19.4. The number of alkyl halides is 3. The van der Waals surface area contributed by atoms with Gasteiger partial charge in [0.15, 0.2) is 6.61 Å². The van der Waals surface area contributed by atoms with E-state index in [1.54, 1.807) is 24.3 Å². The van der Waals surface area contributed by atoms with Gasteiger partial charge in [0.1, 0.15) is 5.52 Å². The van der Waals surface area contributed by atoms with Crippen LogP contribution in [-0.2, 0) is 0 Å². The van der Waals surface area contributed by atoms with Crippen molar-refractivity contribution in [2.45, 2.75) is 6.18 Å². The van der Waals surface area contributed by atoms with Crippen LogP contribution in [-0.4, -0.2) is 33.2 Å². The lowest BCUT2D eigenvalue weighted by molar-refractivity contribution is -0.154. The van der Waals surface area contributed by atoms with Crippen LogP contribution in [0.5, 0.6) is 5.88 Å². The summed E-state index contributed by atoms with van der Waals surface area (Å²) >= 11 is 0. The predicted octanol–water partition coefficient (Wildman–Crippen LogP) is 2.32. The summed E-state index contributed by atoms with van der Waals surface area (Å²) in [7, 11) is 0. The maximum atomic E-state index is 12.1. The van der Waals surface area contributed by atoms with E-state index in [4.69, 9.17) is 0 Å². The Morgan fingerprint density at radius 3 is 2.61 bits per heavy atom. The van der Waals surface area contributed by atoms with Gasteiger partial charge in [-0.05, 0) is 23.8 Å². The molecule has 3 aromatic rings. The normalized spacial score (nSPS) is 11.6. The van der Waals surface area contributed by atoms with Gasteiger partial charge in [0, 0.05) is 17.8 Å². The molecular weight excluding hydrogens is 313 g/mol. The van der Waals surface area contributed by atoms with Gasteiger partial charge in [-0.15, -0.1) is 5.10 Å². The average molecular weight is 322 g/mol. The number of halogens is 3. The number of aromatic nitrogens is 4. The van der Waals surface area contributed by atoms with Gasteiger partial charge in [-0.3, -0.25) is 4.79 Å². The number of nitrogens with zero attached hydrogens (tertiary/aromatic N) is 3. The van der Waals surface area contributed by atoms with E-state index in [-0.39, 0.29) is 11.4 Å². The van der Waals surface area contributed by atoms with Crippen molar-refractivity contribution in [2.24, 2.45) is 0 Å². The van der Waals surface area contributed by atoms with Crippen LogP contribution in [0.25, 0.3) is 22.0 Å². The standard InChI is InChI=1S/C14H9F3N4O2/c15-14(16,17)7-23-12-4-2-9(6-18-12)8-1-3-11-10(5-8)13(22)20-21-19-11/h1-6H,7H2,(H,19,20,22). The van der Waals surface area contributed by atoms with Crippen LogP contribution in [0.2, 0.25) is 0 Å². The Morgan fingerprint density at radius 1 is 1.13 bits per heavy atom. The largest absolute Gasteiger partial charge is 0.468 e. The van der Waals surface area contributed by atoms with E-state index in [1.807, 2.05) is 0 Å². The Labute approximate surface area is 126 Å². The summed E-state index contributed by atoms with van der Waals surface area (Å²) in [5.41, 5.74) is 1.36. The van der Waals surface area contributed by atoms with Gasteiger partial charge in [-0.25, -0.2) is 10.1 Å². The second-order valence-corrected chi connectivity index (χ2v) is 4.66. The van der Waals surface area contributed by atoms with Crippen molar-refractivity contribution in [1.82, 2.24) is 20.4 Å². The zero-order chi connectivity index (χ0) is 16.4. The molecule has 118 valence electrons. The molecule has 0 spiro atoms. The molecule has 0 saturated carbocycles. The molecule has 23 heavy (non-hydrogen) atoms. The molecule has 0 saturated heterocycles. The molecule has 0 bridgehead atoms. The lowest BCUT2D eigenvalue weighted by Gasteiger charge is -2.08. The first kappa shape index (κ1) is 14.9. The molecule has 0 aliphatic heterocycles. The summed E-state index contributed by atoms with van der Waals surface area (Å²) in [5, 5.41) is 9.84. The topological polar surface area (TPSA) is 80.8 Å². The number of benzene rings is 1. The number of hydrogen-bond acceptors (Lipinski definition) is 5. The summed E-state index contributed by atoms with van der Waals surface area (Å²) in [6, 6.07) is 7.84. The molecule has 0 aliphatic carbocycles. The van der Waals surface area contributed by atoms with Crippen LogP contribution in [0, 0.1) is 0 Å². The molecule has 0 amide bonds. The lowest BCUT2D eigenvalue weighted by Crippen LogP contribution is -2.19. The van der Waals surface area contributed by atoms with E-state index < -0.39 is 12.8 Å². The maximum absolute atomic E-state index is 12.1. The third kappa shape index (κ3) is 3.44. The Kier molecular flexibility index (Phi) is 3.68. The number of rotatable bonds is 3. The Hall–Kier alpha value is -2.97. The Morgan fingerprint density at radius 2 is 1.91 bits per heavy atom. The molecule has 0 unspecified atom stereocenters. The maximum Gasteiger partial charge on any atom is 0.422 e. The first-order chi connectivity index (χ1) is 10.9. The highest BCUT2D eigenvalue weighted by Crippen LogP contribution is 2.23. The molecule has 9 heteroatoms. The number of H-pyrrole nitrogens is 1. The van der Waals surface area contributed by atoms with E-state index in [9.17, 15) is 18.0 Å². The van der Waals surface area contributed by atoms with Crippen LogP contribution in [0.15, 0.2) is 41.3 Å². The summed E-state index contributed by atoms with van der Waals surface area (Å²) in [4.78, 5) is 15.5. The second kappa shape index (κ2) is 5.67. The molecule has 0 aliphatic rings. The fourth-order valence-electron chi connectivity index (χ4n) is 1.96. The van der Waals surface area contributed by atoms with Crippen LogP contribution in [0.3, 0.4) is 0 Å². The fourth-order valence-corrected chi connectivity index (χ4v) is 1.96. The second-order valence-electron chi connectivity index (χ2n) is 4.66. The van der Waals surface area contributed by atoms with E-state index in [0.29, 0.717) is 22.0 Å². The van der Waals surface area contributed by atoms with Crippen LogP contribution >= 0.6 is 0 Å². The molecular formula is C14H9F3N4O2. The van der Waals surface area contributed by atoms with Crippen molar-refractivity contribution in [2.75, 3.05) is 6.61 Å². The smallest absolute Gasteiger partial charge is 0.422 e. The van der Waals surface area contributed by atoms with Gasteiger partial charge in [0.05, 0.1) is 5.39 Å². The van der Waals surface area contributed by atoms with Crippen LogP contribution in [0.1, 0.15) is 0 Å². The lowest BCUT2D eigenvalue weighted by atomic mass is 10.1. The minimum absolute atomic E-state index is 0.129. The summed E-state index contributed by atoms with van der Waals surface area (Å²) in [6.45, 7) is -1.40. The average Bonchev–Trinajstić information content (AvgIpc) is 2.53. The quantitative estimate of drug-likeness (QED) is 0.800. The van der Waals surface area contributed by atoms with Crippen molar-refractivity contribution in [3.05, 3.63) is 46.9 Å². The van der Waals surface area contributed by atoms with Crippen molar-refractivity contribution in [3.63, 3.8) is 0 Å². The number of fused-ring (bicyclic) bond motifs is 1. The van der Waals surface area contributed by atoms with E-state index in [0.717, 1.165) is 0 Å². The number of pyridine rings is 1. The Balaban J connectivity index is 1.87. The number of nitrogens with one attached hydrogen (secondary N) is 1. The molecule has 3 rings (SSSR count). The van der Waals surface area contributed by atoms with Gasteiger partial charge < -0.3 is 4.74 Å². The minimum Gasteiger partial charge on any atom is -0.468 e. The molecule has 0 fully saturated rings. The zero-order valence-electron chi connectivity index (χ0n) is 11.5. The highest BCUT2D eigenvalue weighted by molar-refractivity contribution is 5.83. The van der Waals surface area contributed by atoms with Gasteiger partial charge in [-0.2, -0.15) is 13.2 Å². The first-order valence-corrected chi connectivity index (χ1v) is 6.43. The number of hydrogen-bond donors (Lipinski definition) is 1. The van der Waals surface area contributed by atoms with Gasteiger partial charge in [0.25, 0.3) is 5.56 Å². The van der Waals surface area contributed by atoms with Gasteiger partial charge in [-0.1, -0.05) is 11.3 Å². The minimum atomic E-state index is -4.42. The van der Waals surface area contributed by atoms with Gasteiger partial charge >= 0.3 is 6.18 Å². The van der Waals surface area contributed by atoms with Crippen LogP contribution in [0.4, 0.5) is 13.2 Å². The molecule has 0 atom stereocenters. The van der Waals surface area contributed by atoms with E-state index >= 15 is 0 Å². The van der Waals surface area contributed by atoms with Gasteiger partial charge in [0.2, 0.25) is 5.88 Å². The summed E-state index contributed by atoms with van der Waals surface area (Å²) < 4.78 is 40.8. The summed E-state index contributed by atoms with van der Waals surface area (Å²) in [6.07, 6.45) is -3.05. The molecule has 2 aromatic heterocycles. The Bertz CT molecular complexity index is 891. The highest BCUT2D eigenvalue weighted by Gasteiger charge is 2.28. The first-order valence-electron chi connectivity index (χ1n) is 6.43. The molecule has 1 aromatic carbocycles. The molecule has 6 nitrogen and oxygen atoms in total. The van der Waals surface area contributed by atoms with Crippen molar-refractivity contribution >= 4 is 10.9 Å². The fraction of sp³-hybridized carbons (Fsp3) is 0.143. The van der Waals surface area contributed by atoms with Crippen LogP contribution < -0.4 is 10.3 Å². The number of ether oxygens (including phenoxy) is 1. The van der Waals surface area contributed by atoms with Crippen molar-refractivity contribution < 1.29 is 17.9 Å². The van der Waals surface area contributed by atoms with E-state index in [1.165, 1.54) is 12.3 Å². The third-order valence-electron chi connectivity index (χ3n) is 3.00. The molecule has 1 N–H and O–H groups in total. The summed E-state index contributed by atoms with van der Waals surface area (Å²) in [5.74, 6) is -0.129.